The molecule has 3 heterocycles. The van der Waals surface area contributed by atoms with Crippen LogP contribution in [0.3, 0.4) is 0 Å². The summed E-state index contributed by atoms with van der Waals surface area (Å²) < 4.78 is 6.44. The molecule has 1 aliphatic rings. The number of aromatic nitrogens is 2. The first-order chi connectivity index (χ1) is 18.9. The Kier molecular flexibility index (Phi) is 6.72. The summed E-state index contributed by atoms with van der Waals surface area (Å²) in [5.41, 5.74) is 3.34. The number of rotatable bonds is 7. The monoisotopic (exact) mass is 573 g/mol. The van der Waals surface area contributed by atoms with Gasteiger partial charge < -0.3 is 9.52 Å². The van der Waals surface area contributed by atoms with Crippen LogP contribution < -0.4 is 4.90 Å². The number of amides is 1. The molecule has 1 unspecified atom stereocenters. The molecule has 0 spiro atoms. The zero-order valence-corrected chi connectivity index (χ0v) is 22.9. The third-order valence-electron chi connectivity index (χ3n) is 6.37. The van der Waals surface area contributed by atoms with E-state index < -0.39 is 23.5 Å². The highest BCUT2D eigenvalue weighted by Crippen LogP contribution is 2.44. The highest BCUT2D eigenvalue weighted by molar-refractivity contribution is 8.00. The summed E-state index contributed by atoms with van der Waals surface area (Å²) in [6.45, 7) is 2.04. The Hall–Kier alpha value is -3.92. The minimum atomic E-state index is -0.946. The number of aryl methyl sites for hydroxylation is 1. The second-order valence-electron chi connectivity index (χ2n) is 8.99. The van der Waals surface area contributed by atoms with Crippen molar-refractivity contribution in [1.29, 1.82) is 0 Å². The van der Waals surface area contributed by atoms with Crippen molar-refractivity contribution >= 4 is 62.5 Å². The molecule has 1 aliphatic heterocycles. The molecule has 0 saturated heterocycles. The number of Topliss-reactive ketones (excluding diaryl/α,β-unsaturated/α-hetero) is 1. The van der Waals surface area contributed by atoms with Crippen LogP contribution >= 0.6 is 34.7 Å². The number of carbonyl (C=O) groups excluding carboxylic acids is 2. The van der Waals surface area contributed by atoms with Gasteiger partial charge in [-0.25, -0.2) is 0 Å². The summed E-state index contributed by atoms with van der Waals surface area (Å²) in [4.78, 5) is 28.5. The maximum Gasteiger partial charge on any atom is 0.296 e. The molecule has 7 nitrogen and oxygen atoms in total. The van der Waals surface area contributed by atoms with Crippen molar-refractivity contribution in [3.05, 3.63) is 118 Å². The van der Waals surface area contributed by atoms with Crippen LogP contribution in [0.25, 0.3) is 11.0 Å². The fourth-order valence-corrected chi connectivity index (χ4v) is 6.36. The van der Waals surface area contributed by atoms with Gasteiger partial charge in [0, 0.05) is 16.2 Å². The van der Waals surface area contributed by atoms with E-state index in [0.717, 1.165) is 10.9 Å². The molecule has 1 N–H and O–H groups in total. The smallest absolute Gasteiger partial charge is 0.296 e. The van der Waals surface area contributed by atoms with Gasteiger partial charge >= 0.3 is 0 Å². The van der Waals surface area contributed by atoms with Gasteiger partial charge in [0.15, 0.2) is 15.9 Å². The third kappa shape index (κ3) is 4.85. The maximum absolute atomic E-state index is 13.7. The molecule has 0 saturated carbocycles. The Labute approximate surface area is 236 Å². The van der Waals surface area contributed by atoms with Crippen molar-refractivity contribution in [3.63, 3.8) is 0 Å². The van der Waals surface area contributed by atoms with Crippen LogP contribution in [0.15, 0.2) is 99.0 Å². The highest BCUT2D eigenvalue weighted by Gasteiger charge is 2.46. The Morgan fingerprint density at radius 2 is 1.82 bits per heavy atom. The number of aliphatic hydroxyl groups is 1. The van der Waals surface area contributed by atoms with Gasteiger partial charge in [-0.15, -0.1) is 10.2 Å². The first-order valence-corrected chi connectivity index (χ1v) is 14.1. The predicted octanol–water partition coefficient (Wildman–Crippen LogP) is 7.32. The Balaban J connectivity index is 1.35. The van der Waals surface area contributed by atoms with Gasteiger partial charge in [-0.3, -0.25) is 14.5 Å². The zero-order chi connectivity index (χ0) is 27.1. The van der Waals surface area contributed by atoms with E-state index in [0.29, 0.717) is 26.3 Å². The number of furan rings is 1. The number of nitrogens with zero attached hydrogens (tertiary/aromatic N) is 3. The minimum absolute atomic E-state index is 0.0259. The molecule has 5 aromatic rings. The number of aliphatic hydroxyl groups excluding tert-OH is 1. The summed E-state index contributed by atoms with van der Waals surface area (Å²) in [6.07, 6.45) is 0. The van der Waals surface area contributed by atoms with E-state index in [1.807, 2.05) is 19.1 Å². The zero-order valence-electron chi connectivity index (χ0n) is 20.5. The first-order valence-electron chi connectivity index (χ1n) is 12.0. The van der Waals surface area contributed by atoms with Gasteiger partial charge in [0.05, 0.1) is 11.6 Å². The summed E-state index contributed by atoms with van der Waals surface area (Å²) in [5, 5.41) is 21.0. The van der Waals surface area contributed by atoms with E-state index in [2.05, 4.69) is 34.5 Å². The molecule has 2 aromatic heterocycles. The molecule has 0 bridgehead atoms. The van der Waals surface area contributed by atoms with Crippen molar-refractivity contribution in [1.82, 2.24) is 10.2 Å². The number of carbonyl (C=O) groups is 2. The second kappa shape index (κ2) is 10.3. The lowest BCUT2D eigenvalue weighted by Crippen LogP contribution is -2.31. The topological polar surface area (TPSA) is 96.5 Å². The van der Waals surface area contributed by atoms with E-state index in [4.69, 9.17) is 16.0 Å². The molecule has 3 aromatic carbocycles. The molecular weight excluding hydrogens is 554 g/mol. The number of para-hydroxylation sites is 1. The number of ketones is 1. The van der Waals surface area contributed by atoms with Gasteiger partial charge in [-0.1, -0.05) is 94.9 Å². The van der Waals surface area contributed by atoms with Gasteiger partial charge in [0.2, 0.25) is 10.9 Å². The maximum atomic E-state index is 13.7. The number of anilines is 1. The Morgan fingerprint density at radius 1 is 1.08 bits per heavy atom. The Bertz CT molecular complexity index is 1710. The summed E-state index contributed by atoms with van der Waals surface area (Å²) in [5.74, 6) is -1.26. The van der Waals surface area contributed by atoms with Gasteiger partial charge in [-0.2, -0.15) is 0 Å². The largest absolute Gasteiger partial charge is 0.503 e. The lowest BCUT2D eigenvalue weighted by Gasteiger charge is -2.23. The van der Waals surface area contributed by atoms with Gasteiger partial charge in [-0.05, 0) is 42.3 Å². The molecule has 39 heavy (non-hydrogen) atoms. The van der Waals surface area contributed by atoms with E-state index in [1.54, 1.807) is 42.5 Å². The average Bonchev–Trinajstić information content (AvgIpc) is 3.65. The second-order valence-corrected chi connectivity index (χ2v) is 11.6. The fourth-order valence-electron chi connectivity index (χ4n) is 4.41. The van der Waals surface area contributed by atoms with Crippen molar-refractivity contribution in [2.45, 2.75) is 23.1 Å². The van der Waals surface area contributed by atoms with Crippen LogP contribution in [0.2, 0.25) is 5.02 Å². The summed E-state index contributed by atoms with van der Waals surface area (Å²) >= 11 is 8.84. The summed E-state index contributed by atoms with van der Waals surface area (Å²) in [7, 11) is 0. The van der Waals surface area contributed by atoms with Crippen LogP contribution in [0.1, 0.15) is 33.3 Å². The molecule has 1 atom stereocenters. The van der Waals surface area contributed by atoms with E-state index >= 15 is 0 Å². The molecule has 0 fully saturated rings. The highest BCUT2D eigenvalue weighted by atomic mass is 35.5. The summed E-state index contributed by atoms with van der Waals surface area (Å²) in [6, 6.07) is 22.9. The average molecular weight is 574 g/mol. The van der Waals surface area contributed by atoms with Gasteiger partial charge in [0.25, 0.3) is 5.91 Å². The van der Waals surface area contributed by atoms with Crippen LogP contribution in [0, 0.1) is 6.92 Å². The van der Waals surface area contributed by atoms with Crippen molar-refractivity contribution < 1.29 is 19.1 Å². The number of hydrogen-bond donors (Lipinski definition) is 1. The van der Waals surface area contributed by atoms with E-state index in [1.165, 1.54) is 33.6 Å². The molecule has 0 radical (unpaired) electrons. The van der Waals surface area contributed by atoms with Crippen molar-refractivity contribution in [2.24, 2.45) is 0 Å². The normalized spacial score (nSPS) is 15.5. The minimum Gasteiger partial charge on any atom is -0.503 e. The predicted molar refractivity (Wildman–Crippen MR) is 153 cm³/mol. The van der Waals surface area contributed by atoms with E-state index in [-0.39, 0.29) is 16.5 Å². The fraction of sp³-hybridized carbons (Fsp3) is 0.103. The SMILES string of the molecule is Cc1ccc(CSc2nnc(N3C(=O)C(O)=C(C(=O)c4cc5ccccc5o4)C3c3ccc(Cl)cc3)s2)cc1. The number of benzene rings is 3. The lowest BCUT2D eigenvalue weighted by molar-refractivity contribution is -0.117. The first kappa shape index (κ1) is 25.4. The number of halogens is 1. The van der Waals surface area contributed by atoms with Gasteiger partial charge in [0.1, 0.15) is 5.58 Å². The molecular formula is C29H20ClN3O4S2. The van der Waals surface area contributed by atoms with Crippen LogP contribution in [-0.2, 0) is 10.5 Å². The standard InChI is InChI=1S/C29H20ClN3O4S2/c1-16-6-8-17(9-7-16)15-38-29-32-31-28(39-29)33-24(18-10-12-20(30)13-11-18)23(26(35)27(33)36)25(34)22-14-19-4-2-3-5-21(19)37-22/h2-14,24,35H,15H2,1H3. The number of hydrogen-bond acceptors (Lipinski definition) is 8. The van der Waals surface area contributed by atoms with Crippen molar-refractivity contribution in [3.8, 4) is 0 Å². The third-order valence-corrected chi connectivity index (χ3v) is 8.75. The number of fused-ring (bicyclic) bond motifs is 1. The Morgan fingerprint density at radius 3 is 2.56 bits per heavy atom. The molecule has 0 aliphatic carbocycles. The van der Waals surface area contributed by atoms with Crippen LogP contribution in [0.5, 0.6) is 0 Å². The molecule has 6 rings (SSSR count). The van der Waals surface area contributed by atoms with Crippen LogP contribution in [-0.4, -0.2) is 27.0 Å². The van der Waals surface area contributed by atoms with Crippen molar-refractivity contribution in [2.75, 3.05) is 4.90 Å². The van der Waals surface area contributed by atoms with E-state index in [9.17, 15) is 14.7 Å². The van der Waals surface area contributed by atoms with Crippen LogP contribution in [0.4, 0.5) is 5.13 Å². The molecule has 194 valence electrons. The lowest BCUT2D eigenvalue weighted by atomic mass is 9.95. The quantitative estimate of drug-likeness (QED) is 0.124. The molecule has 1 amide bonds. The number of thioether (sulfide) groups is 1. The molecule has 10 heteroatoms.